The Kier molecular flexibility index (Phi) is 5.68. The van der Waals surface area contributed by atoms with Crippen molar-refractivity contribution in [1.29, 1.82) is 0 Å². The third-order valence-corrected chi connectivity index (χ3v) is 4.70. The Morgan fingerprint density at radius 1 is 1.04 bits per heavy atom. The molecule has 132 valence electrons. The van der Waals surface area contributed by atoms with Crippen LogP contribution in [0.25, 0.3) is 0 Å². The average Bonchev–Trinajstić information content (AvgIpc) is 2.68. The topological polar surface area (TPSA) is 58.8 Å². The van der Waals surface area contributed by atoms with Crippen LogP contribution in [0.1, 0.15) is 17.2 Å². The fourth-order valence-electron chi connectivity index (χ4n) is 3.20. The van der Waals surface area contributed by atoms with Crippen molar-refractivity contribution in [2.75, 3.05) is 33.3 Å². The summed E-state index contributed by atoms with van der Waals surface area (Å²) in [6.45, 7) is 3.91. The van der Waals surface area contributed by atoms with Crippen LogP contribution in [0.3, 0.4) is 0 Å². The van der Waals surface area contributed by atoms with Crippen LogP contribution in [0.15, 0.2) is 54.6 Å². The zero-order valence-electron chi connectivity index (χ0n) is 14.6. The van der Waals surface area contributed by atoms with Gasteiger partial charge in [-0.15, -0.1) is 0 Å². The predicted molar refractivity (Wildman–Crippen MR) is 98.2 cm³/mol. The van der Waals surface area contributed by atoms with Crippen LogP contribution in [-0.4, -0.2) is 49.0 Å². The fraction of sp³-hybridized carbons (Fsp3) is 0.350. The minimum atomic E-state index is -0.582. The van der Waals surface area contributed by atoms with Crippen LogP contribution < -0.4 is 10.5 Å². The third-order valence-electron chi connectivity index (χ3n) is 4.70. The van der Waals surface area contributed by atoms with Gasteiger partial charge in [0, 0.05) is 38.3 Å². The first-order valence-corrected chi connectivity index (χ1v) is 8.62. The van der Waals surface area contributed by atoms with Crippen molar-refractivity contribution in [1.82, 2.24) is 9.80 Å². The van der Waals surface area contributed by atoms with Crippen molar-refractivity contribution < 1.29 is 9.53 Å². The monoisotopic (exact) mass is 339 g/mol. The summed E-state index contributed by atoms with van der Waals surface area (Å²) in [5.74, 6) is 0.912. The van der Waals surface area contributed by atoms with Crippen LogP contribution >= 0.6 is 0 Å². The Bertz CT molecular complexity index is 697. The van der Waals surface area contributed by atoms with Crippen LogP contribution in [0.2, 0.25) is 0 Å². The van der Waals surface area contributed by atoms with Crippen LogP contribution in [0.4, 0.5) is 0 Å². The van der Waals surface area contributed by atoms with Gasteiger partial charge in [0.2, 0.25) is 5.91 Å². The second-order valence-corrected chi connectivity index (χ2v) is 6.30. The maximum Gasteiger partial charge on any atom is 0.244 e. The number of rotatable bonds is 5. The van der Waals surface area contributed by atoms with E-state index in [2.05, 4.69) is 11.0 Å². The number of carbonyl (C=O) groups excluding carboxylic acids is 1. The molecule has 5 nitrogen and oxygen atoms in total. The first-order chi connectivity index (χ1) is 12.2. The Morgan fingerprint density at radius 3 is 2.36 bits per heavy atom. The molecule has 2 aromatic carbocycles. The van der Waals surface area contributed by atoms with E-state index in [9.17, 15) is 4.79 Å². The van der Waals surface area contributed by atoms with Gasteiger partial charge in [-0.1, -0.05) is 48.5 Å². The highest BCUT2D eigenvalue weighted by Crippen LogP contribution is 2.20. The Hall–Kier alpha value is -2.37. The van der Waals surface area contributed by atoms with Crippen molar-refractivity contribution in [3.8, 4) is 5.75 Å². The van der Waals surface area contributed by atoms with E-state index in [1.165, 1.54) is 5.56 Å². The number of hydrogen-bond acceptors (Lipinski definition) is 4. The van der Waals surface area contributed by atoms with Gasteiger partial charge < -0.3 is 15.4 Å². The SMILES string of the molecule is COc1ccccc1CN1CCN(C(=O)C(N)c2ccccc2)CC1. The smallest absolute Gasteiger partial charge is 0.244 e. The lowest BCUT2D eigenvalue weighted by molar-refractivity contribution is -0.134. The lowest BCUT2D eigenvalue weighted by atomic mass is 10.1. The van der Waals surface area contributed by atoms with Crippen molar-refractivity contribution in [2.45, 2.75) is 12.6 Å². The van der Waals surface area contributed by atoms with Crippen LogP contribution in [0, 0.1) is 0 Å². The molecule has 2 N–H and O–H groups in total. The van der Waals surface area contributed by atoms with E-state index in [1.807, 2.05) is 53.4 Å². The molecule has 0 radical (unpaired) electrons. The number of amides is 1. The van der Waals surface area contributed by atoms with Gasteiger partial charge in [-0.25, -0.2) is 0 Å². The van der Waals surface area contributed by atoms with Gasteiger partial charge in [0.15, 0.2) is 0 Å². The molecular weight excluding hydrogens is 314 g/mol. The number of para-hydroxylation sites is 1. The van der Waals surface area contributed by atoms with Crippen LogP contribution in [-0.2, 0) is 11.3 Å². The number of ether oxygens (including phenoxy) is 1. The summed E-state index contributed by atoms with van der Waals surface area (Å²) in [4.78, 5) is 16.8. The van der Waals surface area contributed by atoms with Crippen molar-refractivity contribution in [3.05, 3.63) is 65.7 Å². The van der Waals surface area contributed by atoms with E-state index in [4.69, 9.17) is 10.5 Å². The highest BCUT2D eigenvalue weighted by molar-refractivity contribution is 5.83. The molecule has 3 rings (SSSR count). The Labute approximate surface area is 149 Å². The summed E-state index contributed by atoms with van der Waals surface area (Å²) < 4.78 is 5.42. The molecule has 1 aliphatic heterocycles. The molecule has 1 atom stereocenters. The number of nitrogens with two attached hydrogens (primary N) is 1. The summed E-state index contributed by atoms with van der Waals surface area (Å²) >= 11 is 0. The van der Waals surface area contributed by atoms with Crippen LogP contribution in [0.5, 0.6) is 5.75 Å². The molecule has 25 heavy (non-hydrogen) atoms. The molecule has 1 aliphatic rings. The van der Waals surface area contributed by atoms with E-state index >= 15 is 0 Å². The highest BCUT2D eigenvalue weighted by Gasteiger charge is 2.26. The lowest BCUT2D eigenvalue weighted by Crippen LogP contribution is -2.50. The van der Waals surface area contributed by atoms with E-state index in [0.717, 1.165) is 30.9 Å². The number of nitrogens with zero attached hydrogens (tertiary/aromatic N) is 2. The molecule has 0 aromatic heterocycles. The quantitative estimate of drug-likeness (QED) is 0.906. The van der Waals surface area contributed by atoms with E-state index in [0.29, 0.717) is 13.1 Å². The van der Waals surface area contributed by atoms with E-state index < -0.39 is 6.04 Å². The normalized spacial score (nSPS) is 16.5. The standard InChI is InChI=1S/C20H25N3O2/c1-25-18-10-6-5-9-17(18)15-22-11-13-23(14-12-22)20(24)19(21)16-7-3-2-4-8-16/h2-10,19H,11-15,21H2,1H3. The van der Waals surface area contributed by atoms with E-state index in [-0.39, 0.29) is 5.91 Å². The molecule has 1 heterocycles. The summed E-state index contributed by atoms with van der Waals surface area (Å²) in [6, 6.07) is 17.0. The van der Waals surface area contributed by atoms with Crippen molar-refractivity contribution >= 4 is 5.91 Å². The maximum atomic E-state index is 12.6. The van der Waals surface area contributed by atoms with Crippen molar-refractivity contribution in [2.24, 2.45) is 5.73 Å². The third kappa shape index (κ3) is 4.18. The zero-order chi connectivity index (χ0) is 17.6. The van der Waals surface area contributed by atoms with Gasteiger partial charge in [0.25, 0.3) is 0 Å². The number of methoxy groups -OCH3 is 1. The minimum absolute atomic E-state index is 0.00291. The fourth-order valence-corrected chi connectivity index (χ4v) is 3.20. The van der Waals surface area contributed by atoms with Gasteiger partial charge >= 0.3 is 0 Å². The van der Waals surface area contributed by atoms with Gasteiger partial charge in [0.1, 0.15) is 11.8 Å². The van der Waals surface area contributed by atoms with Gasteiger partial charge in [-0.3, -0.25) is 9.69 Å². The molecule has 0 aliphatic carbocycles. The number of hydrogen-bond donors (Lipinski definition) is 1. The number of carbonyl (C=O) groups is 1. The molecule has 0 saturated carbocycles. The minimum Gasteiger partial charge on any atom is -0.496 e. The van der Waals surface area contributed by atoms with E-state index in [1.54, 1.807) is 7.11 Å². The lowest BCUT2D eigenvalue weighted by Gasteiger charge is -2.36. The Balaban J connectivity index is 1.56. The van der Waals surface area contributed by atoms with Gasteiger partial charge in [-0.2, -0.15) is 0 Å². The molecule has 0 spiro atoms. The van der Waals surface area contributed by atoms with Crippen molar-refractivity contribution in [3.63, 3.8) is 0 Å². The number of benzene rings is 2. The average molecular weight is 339 g/mol. The summed E-state index contributed by atoms with van der Waals surface area (Å²) in [5, 5.41) is 0. The van der Waals surface area contributed by atoms with Gasteiger partial charge in [0.05, 0.1) is 7.11 Å². The molecular formula is C20H25N3O2. The molecule has 1 fully saturated rings. The highest BCUT2D eigenvalue weighted by atomic mass is 16.5. The number of piperazine rings is 1. The summed E-state index contributed by atoms with van der Waals surface area (Å²) in [7, 11) is 1.69. The summed E-state index contributed by atoms with van der Waals surface area (Å²) in [5.41, 5.74) is 8.18. The van der Waals surface area contributed by atoms with Gasteiger partial charge in [-0.05, 0) is 11.6 Å². The molecule has 1 saturated heterocycles. The summed E-state index contributed by atoms with van der Waals surface area (Å²) in [6.07, 6.45) is 0. The Morgan fingerprint density at radius 2 is 1.68 bits per heavy atom. The molecule has 1 unspecified atom stereocenters. The first-order valence-electron chi connectivity index (χ1n) is 8.62. The molecule has 2 aromatic rings. The second-order valence-electron chi connectivity index (χ2n) is 6.30. The molecule has 1 amide bonds. The predicted octanol–water partition coefficient (Wildman–Crippen LogP) is 2.04. The maximum absolute atomic E-state index is 12.6. The molecule has 0 bridgehead atoms. The molecule has 5 heteroatoms. The largest absolute Gasteiger partial charge is 0.496 e. The zero-order valence-corrected chi connectivity index (χ0v) is 14.6. The first kappa shape index (κ1) is 17.5. The second kappa shape index (κ2) is 8.14.